The Morgan fingerprint density at radius 2 is 1.49 bits per heavy atom. The molecule has 5 N–H and O–H groups in total. The third kappa shape index (κ3) is 18.5. The molecule has 0 unspecified atom stereocenters. The number of benzene rings is 1. The van der Waals surface area contributed by atoms with E-state index < -0.39 is 36.1 Å². The molecule has 0 fully saturated rings. The molecule has 11 heteroatoms. The molecule has 0 bridgehead atoms. The Morgan fingerprint density at radius 1 is 0.854 bits per heavy atom. The summed E-state index contributed by atoms with van der Waals surface area (Å²) in [5, 5.41) is 7.63. The first-order valence-corrected chi connectivity index (χ1v) is 15.3. The van der Waals surface area contributed by atoms with Gasteiger partial charge in [-0.3, -0.25) is 24.0 Å². The van der Waals surface area contributed by atoms with Crippen LogP contribution in [0.4, 0.5) is 0 Å². The number of methoxy groups -OCH3 is 1. The van der Waals surface area contributed by atoms with Crippen LogP contribution in [0.25, 0.3) is 0 Å². The summed E-state index contributed by atoms with van der Waals surface area (Å²) in [5.74, 6) is 2.61. The van der Waals surface area contributed by atoms with E-state index in [0.29, 0.717) is 17.9 Å². The van der Waals surface area contributed by atoms with Crippen molar-refractivity contribution in [2.24, 2.45) is 5.73 Å². The zero-order chi connectivity index (χ0) is 30.3. The van der Waals surface area contributed by atoms with Crippen molar-refractivity contribution in [3.8, 4) is 17.6 Å². The van der Waals surface area contributed by atoms with Crippen LogP contribution in [0, 0.1) is 11.8 Å². The standard InChI is InChI=1S/C30H44N4O6S/c1-3-4-5-6-7-8-9-10-11-12-28(37)34-26(22-41-21-23-13-16-25(40-2)17-14-23)30(39)33-20-29(38)32-19-24(35)15-18-27(31)36/h13-14,16-17,26H,3-12,19-22H2,1-2H3,(H2,31,36)(H,32,38)(H,33,39)(H,34,37)/t26-/m0/s1. The van der Waals surface area contributed by atoms with E-state index in [1.807, 2.05) is 36.1 Å². The second kappa shape index (κ2) is 22.2. The number of ether oxygens (including phenoxy) is 1. The number of carbonyl (C=O) groups excluding carboxylic acids is 5. The number of thioether (sulfide) groups is 1. The Hall–Kier alpha value is -3.52. The van der Waals surface area contributed by atoms with Gasteiger partial charge in [0.15, 0.2) is 0 Å². The summed E-state index contributed by atoms with van der Waals surface area (Å²) in [4.78, 5) is 59.7. The van der Waals surface area contributed by atoms with Gasteiger partial charge in [0, 0.05) is 23.8 Å². The highest BCUT2D eigenvalue weighted by Crippen LogP contribution is 2.17. The van der Waals surface area contributed by atoms with Gasteiger partial charge in [0.25, 0.3) is 5.91 Å². The number of nitrogens with two attached hydrogens (primary N) is 1. The largest absolute Gasteiger partial charge is 0.497 e. The van der Waals surface area contributed by atoms with E-state index in [4.69, 9.17) is 10.5 Å². The average molecular weight is 589 g/mol. The van der Waals surface area contributed by atoms with Gasteiger partial charge < -0.3 is 26.4 Å². The molecule has 0 radical (unpaired) electrons. The molecule has 0 aromatic heterocycles. The van der Waals surface area contributed by atoms with E-state index in [1.54, 1.807) is 7.11 Å². The van der Waals surface area contributed by atoms with Gasteiger partial charge in [-0.05, 0) is 30.0 Å². The molecular weight excluding hydrogens is 544 g/mol. The fourth-order valence-electron chi connectivity index (χ4n) is 3.77. The normalized spacial score (nSPS) is 11.0. The number of hydrogen-bond acceptors (Lipinski definition) is 7. The second-order valence-corrected chi connectivity index (χ2v) is 10.6. The zero-order valence-corrected chi connectivity index (χ0v) is 25.0. The van der Waals surface area contributed by atoms with Crippen LogP contribution >= 0.6 is 11.8 Å². The Labute approximate surface area is 247 Å². The number of hydrogen-bond donors (Lipinski definition) is 4. The minimum atomic E-state index is -0.951. The summed E-state index contributed by atoms with van der Waals surface area (Å²) in [6.45, 7) is 1.39. The van der Waals surface area contributed by atoms with Crippen molar-refractivity contribution < 1.29 is 28.7 Å². The molecule has 1 aromatic carbocycles. The van der Waals surface area contributed by atoms with Gasteiger partial charge >= 0.3 is 0 Å². The fourth-order valence-corrected chi connectivity index (χ4v) is 4.79. The number of amides is 4. The molecule has 0 aliphatic rings. The number of nitrogens with one attached hydrogen (secondary N) is 3. The summed E-state index contributed by atoms with van der Waals surface area (Å²) in [6.07, 6.45) is 10.6. The molecule has 41 heavy (non-hydrogen) atoms. The van der Waals surface area contributed by atoms with Crippen LogP contribution < -0.4 is 26.4 Å². The van der Waals surface area contributed by atoms with Crippen LogP contribution in [-0.2, 0) is 29.7 Å². The topological polar surface area (TPSA) is 157 Å². The Balaban J connectivity index is 2.54. The van der Waals surface area contributed by atoms with Gasteiger partial charge in [0.1, 0.15) is 11.8 Å². The van der Waals surface area contributed by atoms with Crippen molar-refractivity contribution in [3.63, 3.8) is 0 Å². The highest BCUT2D eigenvalue weighted by atomic mass is 32.2. The van der Waals surface area contributed by atoms with Gasteiger partial charge in [0.2, 0.25) is 23.5 Å². The lowest BCUT2D eigenvalue weighted by Gasteiger charge is -2.18. The SMILES string of the molecule is CCCCCCCCCCCC(=O)N[C@@H](CSCc1ccc(OC)cc1)C(=O)NCC(=O)NCC(=O)C#CC(N)=O. The van der Waals surface area contributed by atoms with E-state index in [2.05, 4.69) is 22.9 Å². The van der Waals surface area contributed by atoms with Crippen molar-refractivity contribution >= 4 is 41.2 Å². The number of unbranched alkanes of at least 4 members (excludes halogenated alkanes) is 8. The first kappa shape index (κ1) is 35.5. The smallest absolute Gasteiger partial charge is 0.293 e. The fraction of sp³-hybridized carbons (Fsp3) is 0.567. The van der Waals surface area contributed by atoms with Gasteiger partial charge in [-0.2, -0.15) is 11.8 Å². The number of carbonyl (C=O) groups is 5. The molecule has 4 amide bonds. The Bertz CT molecular complexity index is 1040. The summed E-state index contributed by atoms with van der Waals surface area (Å²) in [7, 11) is 1.60. The number of Topliss-reactive ketones (excluding diaryl/α,β-unsaturated/α-hetero) is 1. The predicted molar refractivity (Wildman–Crippen MR) is 161 cm³/mol. The van der Waals surface area contributed by atoms with E-state index in [-0.39, 0.29) is 12.5 Å². The third-order valence-electron chi connectivity index (χ3n) is 6.07. The molecule has 0 aliphatic carbocycles. The van der Waals surface area contributed by atoms with Gasteiger partial charge in [-0.25, -0.2) is 0 Å². The molecule has 0 saturated heterocycles. The van der Waals surface area contributed by atoms with E-state index in [9.17, 15) is 24.0 Å². The van der Waals surface area contributed by atoms with Crippen LogP contribution in [0.15, 0.2) is 24.3 Å². The minimum absolute atomic E-state index is 0.207. The van der Waals surface area contributed by atoms with Crippen molar-refractivity contribution in [1.29, 1.82) is 0 Å². The Kier molecular flexibility index (Phi) is 19.2. The summed E-state index contributed by atoms with van der Waals surface area (Å²) in [6, 6.07) is 6.75. The van der Waals surface area contributed by atoms with Crippen LogP contribution in [0.3, 0.4) is 0 Å². The van der Waals surface area contributed by atoms with Crippen LogP contribution in [0.2, 0.25) is 0 Å². The number of rotatable bonds is 21. The summed E-state index contributed by atoms with van der Waals surface area (Å²) < 4.78 is 5.18. The molecule has 1 rings (SSSR count). The molecule has 226 valence electrons. The van der Waals surface area contributed by atoms with Crippen LogP contribution in [0.5, 0.6) is 5.75 Å². The maximum absolute atomic E-state index is 12.9. The lowest BCUT2D eigenvalue weighted by molar-refractivity contribution is -0.130. The first-order chi connectivity index (χ1) is 19.7. The molecular formula is C30H44N4O6S. The van der Waals surface area contributed by atoms with Crippen LogP contribution in [-0.4, -0.2) is 61.4 Å². The molecule has 0 saturated carbocycles. The summed E-state index contributed by atoms with van der Waals surface area (Å²) in [5.41, 5.74) is 5.89. The molecule has 0 aliphatic heterocycles. The van der Waals surface area contributed by atoms with Crippen molar-refractivity contribution in [2.45, 2.75) is 82.9 Å². The molecule has 0 spiro atoms. The quantitative estimate of drug-likeness (QED) is 0.0977. The Morgan fingerprint density at radius 3 is 2.10 bits per heavy atom. The molecule has 1 aromatic rings. The van der Waals surface area contributed by atoms with Gasteiger partial charge in [-0.15, -0.1) is 0 Å². The van der Waals surface area contributed by atoms with Gasteiger partial charge in [-0.1, -0.05) is 70.4 Å². The first-order valence-electron chi connectivity index (χ1n) is 14.1. The van der Waals surface area contributed by atoms with Crippen molar-refractivity contribution in [1.82, 2.24) is 16.0 Å². The molecule has 1 atom stereocenters. The maximum atomic E-state index is 12.9. The van der Waals surface area contributed by atoms with Crippen LogP contribution in [0.1, 0.15) is 76.7 Å². The zero-order valence-electron chi connectivity index (χ0n) is 24.2. The minimum Gasteiger partial charge on any atom is -0.497 e. The monoisotopic (exact) mass is 588 g/mol. The van der Waals surface area contributed by atoms with E-state index in [0.717, 1.165) is 30.6 Å². The van der Waals surface area contributed by atoms with E-state index >= 15 is 0 Å². The van der Waals surface area contributed by atoms with Crippen molar-refractivity contribution in [3.05, 3.63) is 29.8 Å². The molecule has 0 heterocycles. The third-order valence-corrected chi connectivity index (χ3v) is 7.17. The second-order valence-electron chi connectivity index (χ2n) is 9.59. The number of primary amides is 1. The molecule has 10 nitrogen and oxygen atoms in total. The summed E-state index contributed by atoms with van der Waals surface area (Å²) >= 11 is 1.48. The average Bonchev–Trinajstić information content (AvgIpc) is 2.96. The number of ketones is 1. The van der Waals surface area contributed by atoms with E-state index in [1.165, 1.54) is 50.3 Å². The highest BCUT2D eigenvalue weighted by Gasteiger charge is 2.21. The van der Waals surface area contributed by atoms with Gasteiger partial charge in [0.05, 0.1) is 20.2 Å². The lowest BCUT2D eigenvalue weighted by atomic mass is 10.1. The predicted octanol–water partition coefficient (Wildman–Crippen LogP) is 2.62. The maximum Gasteiger partial charge on any atom is 0.293 e. The highest BCUT2D eigenvalue weighted by molar-refractivity contribution is 7.98. The van der Waals surface area contributed by atoms with Crippen molar-refractivity contribution in [2.75, 3.05) is 26.0 Å². The lowest BCUT2D eigenvalue weighted by Crippen LogP contribution is -2.50.